The molecule has 0 heterocycles. The molecule has 1 rings (SSSR count). The monoisotopic (exact) mass is 238 g/mol. The van der Waals surface area contributed by atoms with Gasteiger partial charge in [0, 0.05) is 6.61 Å². The second kappa shape index (κ2) is 5.44. The van der Waals surface area contributed by atoms with Crippen molar-refractivity contribution in [1.82, 2.24) is 0 Å². The minimum absolute atomic E-state index is 0.0719. The van der Waals surface area contributed by atoms with Crippen LogP contribution < -0.4 is 0 Å². The Kier molecular flexibility index (Phi) is 4.48. The molecule has 0 saturated carbocycles. The molecule has 0 radical (unpaired) electrons. The number of rotatable bonds is 4. The first-order chi connectivity index (χ1) is 7.50. The SMILES string of the molecule is OC1=C(O)C(O)[C@H](OCCCF)C(O)C1O. The van der Waals surface area contributed by atoms with Gasteiger partial charge in [0.15, 0.2) is 11.5 Å². The van der Waals surface area contributed by atoms with E-state index in [1.54, 1.807) is 0 Å². The molecule has 1 aliphatic rings. The lowest BCUT2D eigenvalue weighted by molar-refractivity contribution is -0.147. The largest absolute Gasteiger partial charge is 0.506 e. The van der Waals surface area contributed by atoms with Crippen LogP contribution in [0.15, 0.2) is 11.5 Å². The third-order valence-corrected chi connectivity index (χ3v) is 2.38. The maximum atomic E-state index is 11.8. The summed E-state index contributed by atoms with van der Waals surface area (Å²) in [6, 6.07) is 0. The molecule has 0 aromatic carbocycles. The molecule has 16 heavy (non-hydrogen) atoms. The van der Waals surface area contributed by atoms with Gasteiger partial charge in [0.1, 0.15) is 24.4 Å². The highest BCUT2D eigenvalue weighted by atomic mass is 19.1. The third-order valence-electron chi connectivity index (χ3n) is 2.38. The molecule has 7 heteroatoms. The standard InChI is InChI=1S/C9H15FO6/c10-2-1-3-16-9-7(14)5(12)4(11)6(13)8(9)15/h5,7-9,11-15H,1-3H2/t5?,7?,8?,9-/m1/s1. The van der Waals surface area contributed by atoms with Crippen LogP contribution in [0.5, 0.6) is 0 Å². The van der Waals surface area contributed by atoms with Crippen LogP contribution in [0, 0.1) is 0 Å². The number of aliphatic hydroxyl groups excluding tert-OH is 5. The lowest BCUT2D eigenvalue weighted by Gasteiger charge is -2.34. The molecule has 0 saturated heterocycles. The van der Waals surface area contributed by atoms with Gasteiger partial charge in [0.25, 0.3) is 0 Å². The molecule has 1 aliphatic carbocycles. The number of ether oxygens (including phenoxy) is 1. The van der Waals surface area contributed by atoms with Crippen molar-refractivity contribution in [2.45, 2.75) is 30.8 Å². The molecule has 5 N–H and O–H groups in total. The molecule has 0 aliphatic heterocycles. The van der Waals surface area contributed by atoms with Crippen LogP contribution in [0.4, 0.5) is 4.39 Å². The number of hydrogen-bond donors (Lipinski definition) is 5. The van der Waals surface area contributed by atoms with Gasteiger partial charge in [-0.05, 0) is 6.42 Å². The van der Waals surface area contributed by atoms with Gasteiger partial charge in [-0.1, -0.05) is 0 Å². The Morgan fingerprint density at radius 1 is 1.06 bits per heavy atom. The summed E-state index contributed by atoms with van der Waals surface area (Å²) in [5, 5.41) is 46.5. The summed E-state index contributed by atoms with van der Waals surface area (Å²) in [5.41, 5.74) is 0. The topological polar surface area (TPSA) is 110 Å². The van der Waals surface area contributed by atoms with Crippen LogP contribution in [-0.4, -0.2) is 63.2 Å². The fourth-order valence-electron chi connectivity index (χ4n) is 1.45. The highest BCUT2D eigenvalue weighted by Gasteiger charge is 2.43. The lowest BCUT2D eigenvalue weighted by atomic mass is 9.93. The number of aliphatic hydroxyl groups is 5. The van der Waals surface area contributed by atoms with E-state index in [1.807, 2.05) is 0 Å². The first kappa shape index (κ1) is 13.2. The van der Waals surface area contributed by atoms with Crippen LogP contribution in [0.2, 0.25) is 0 Å². The van der Waals surface area contributed by atoms with Crippen molar-refractivity contribution < 1.29 is 34.7 Å². The molecule has 94 valence electrons. The molecular weight excluding hydrogens is 223 g/mol. The van der Waals surface area contributed by atoms with Crippen molar-refractivity contribution in [2.75, 3.05) is 13.3 Å². The van der Waals surface area contributed by atoms with E-state index in [9.17, 15) is 24.8 Å². The maximum Gasteiger partial charge on any atom is 0.164 e. The van der Waals surface area contributed by atoms with Crippen molar-refractivity contribution in [3.63, 3.8) is 0 Å². The van der Waals surface area contributed by atoms with Gasteiger partial charge in [-0.25, -0.2) is 0 Å². The molecular formula is C9H15FO6. The van der Waals surface area contributed by atoms with Gasteiger partial charge in [-0.2, -0.15) is 0 Å². The number of alkyl halides is 1. The quantitative estimate of drug-likeness (QED) is 0.408. The first-order valence-corrected chi connectivity index (χ1v) is 4.84. The zero-order valence-electron chi connectivity index (χ0n) is 8.45. The summed E-state index contributed by atoms with van der Waals surface area (Å²) >= 11 is 0. The fourth-order valence-corrected chi connectivity index (χ4v) is 1.45. The second-order valence-electron chi connectivity index (χ2n) is 3.53. The van der Waals surface area contributed by atoms with Crippen LogP contribution in [-0.2, 0) is 4.74 Å². The summed E-state index contributed by atoms with van der Waals surface area (Å²) in [7, 11) is 0. The minimum Gasteiger partial charge on any atom is -0.506 e. The highest BCUT2D eigenvalue weighted by Crippen LogP contribution is 2.25. The average Bonchev–Trinajstić information content (AvgIpc) is 2.28. The maximum absolute atomic E-state index is 11.8. The van der Waals surface area contributed by atoms with Crippen molar-refractivity contribution in [2.24, 2.45) is 0 Å². The number of hydrogen-bond acceptors (Lipinski definition) is 6. The summed E-state index contributed by atoms with van der Waals surface area (Å²) in [4.78, 5) is 0. The molecule has 4 atom stereocenters. The summed E-state index contributed by atoms with van der Waals surface area (Å²) in [6.45, 7) is -0.690. The van der Waals surface area contributed by atoms with Crippen LogP contribution in [0.3, 0.4) is 0 Å². The minimum atomic E-state index is -1.72. The van der Waals surface area contributed by atoms with E-state index in [0.717, 1.165) is 0 Å². The molecule has 3 unspecified atom stereocenters. The summed E-state index contributed by atoms with van der Waals surface area (Å²) < 4.78 is 16.7. The Labute approximate surface area is 91.2 Å². The van der Waals surface area contributed by atoms with E-state index in [-0.39, 0.29) is 13.0 Å². The Morgan fingerprint density at radius 3 is 2.19 bits per heavy atom. The van der Waals surface area contributed by atoms with E-state index in [0.29, 0.717) is 0 Å². The summed E-state index contributed by atoms with van der Waals surface area (Å²) in [5.74, 6) is -1.73. The first-order valence-electron chi connectivity index (χ1n) is 4.84. The molecule has 0 fully saturated rings. The van der Waals surface area contributed by atoms with Gasteiger partial charge in [0.2, 0.25) is 0 Å². The van der Waals surface area contributed by atoms with Gasteiger partial charge < -0.3 is 30.3 Å². The van der Waals surface area contributed by atoms with Gasteiger partial charge in [-0.3, -0.25) is 4.39 Å². The molecule has 0 aromatic rings. The fraction of sp³-hybridized carbons (Fsp3) is 0.778. The van der Waals surface area contributed by atoms with E-state index >= 15 is 0 Å². The van der Waals surface area contributed by atoms with Crippen molar-refractivity contribution in [3.05, 3.63) is 11.5 Å². The summed E-state index contributed by atoms with van der Waals surface area (Å²) in [6.07, 6.45) is -6.16. The molecule has 6 nitrogen and oxygen atoms in total. The normalized spacial score (nSPS) is 35.5. The lowest BCUT2D eigenvalue weighted by Crippen LogP contribution is -2.52. The Bertz CT molecular complexity index is 269. The zero-order chi connectivity index (χ0) is 12.3. The molecule has 0 spiro atoms. The molecule has 0 aromatic heterocycles. The van der Waals surface area contributed by atoms with Gasteiger partial charge >= 0.3 is 0 Å². The van der Waals surface area contributed by atoms with Gasteiger partial charge in [-0.15, -0.1) is 0 Å². The van der Waals surface area contributed by atoms with E-state index in [2.05, 4.69) is 0 Å². The number of halogens is 1. The van der Waals surface area contributed by atoms with Crippen molar-refractivity contribution >= 4 is 0 Å². The Hall–Kier alpha value is -0.890. The van der Waals surface area contributed by atoms with E-state index in [1.165, 1.54) is 0 Å². The zero-order valence-corrected chi connectivity index (χ0v) is 8.45. The van der Waals surface area contributed by atoms with Crippen LogP contribution in [0.1, 0.15) is 6.42 Å². The predicted molar refractivity (Wildman–Crippen MR) is 50.6 cm³/mol. The Balaban J connectivity index is 2.71. The molecule has 0 bridgehead atoms. The van der Waals surface area contributed by atoms with Gasteiger partial charge in [0.05, 0.1) is 6.67 Å². The van der Waals surface area contributed by atoms with E-state index in [4.69, 9.17) is 9.84 Å². The van der Waals surface area contributed by atoms with E-state index < -0.39 is 42.6 Å². The van der Waals surface area contributed by atoms with Crippen LogP contribution in [0.25, 0.3) is 0 Å². The van der Waals surface area contributed by atoms with Crippen molar-refractivity contribution in [3.8, 4) is 0 Å². The second-order valence-corrected chi connectivity index (χ2v) is 3.53. The third kappa shape index (κ3) is 2.43. The average molecular weight is 238 g/mol. The highest BCUT2D eigenvalue weighted by molar-refractivity contribution is 5.18. The van der Waals surface area contributed by atoms with Crippen molar-refractivity contribution in [1.29, 1.82) is 0 Å². The smallest absolute Gasteiger partial charge is 0.164 e. The Morgan fingerprint density at radius 2 is 1.62 bits per heavy atom. The van der Waals surface area contributed by atoms with Crippen LogP contribution >= 0.6 is 0 Å². The molecule has 0 amide bonds. The predicted octanol–water partition coefficient (Wildman–Crippen LogP) is -0.845.